The van der Waals surface area contributed by atoms with Crippen molar-refractivity contribution in [3.63, 3.8) is 0 Å². The normalized spacial score (nSPS) is 54.7. The highest BCUT2D eigenvalue weighted by atomic mass is 16.3. The summed E-state index contributed by atoms with van der Waals surface area (Å²) in [5.41, 5.74) is 0.215. The summed E-state index contributed by atoms with van der Waals surface area (Å²) in [7, 11) is 0. The van der Waals surface area contributed by atoms with Crippen LogP contribution in [0.15, 0.2) is 0 Å². The average Bonchev–Trinajstić information content (AvgIpc) is 2.51. The largest absolute Gasteiger partial charge is 0.392 e. The molecule has 17 heavy (non-hydrogen) atoms. The number of hydrogen-bond donors (Lipinski definition) is 1. The molecule has 4 aliphatic heterocycles. The van der Waals surface area contributed by atoms with Gasteiger partial charge in [-0.25, -0.2) is 0 Å². The zero-order valence-electron chi connectivity index (χ0n) is 11.4. The van der Waals surface area contributed by atoms with Gasteiger partial charge in [-0.3, -0.25) is 0 Å². The highest BCUT2D eigenvalue weighted by Crippen LogP contribution is 2.51. The van der Waals surface area contributed by atoms with Crippen molar-refractivity contribution in [1.29, 1.82) is 0 Å². The second-order valence-corrected chi connectivity index (χ2v) is 7.02. The molecule has 0 aromatic heterocycles. The Hall–Kier alpha value is -0.120. The van der Waals surface area contributed by atoms with Crippen LogP contribution in [-0.2, 0) is 0 Å². The fourth-order valence-electron chi connectivity index (χ4n) is 4.69. The second kappa shape index (κ2) is 3.69. The van der Waals surface area contributed by atoms with Crippen LogP contribution in [0.4, 0.5) is 0 Å². The summed E-state index contributed by atoms with van der Waals surface area (Å²) in [6, 6.07) is 0. The van der Waals surface area contributed by atoms with E-state index in [9.17, 15) is 5.11 Å². The van der Waals surface area contributed by atoms with E-state index in [0.29, 0.717) is 5.92 Å². The fourth-order valence-corrected chi connectivity index (χ4v) is 4.69. The van der Waals surface area contributed by atoms with E-state index in [-0.39, 0.29) is 16.9 Å². The van der Waals surface area contributed by atoms with E-state index < -0.39 is 0 Å². The maximum atomic E-state index is 10.9. The van der Waals surface area contributed by atoms with Crippen molar-refractivity contribution >= 4 is 0 Å². The lowest BCUT2D eigenvalue weighted by Gasteiger charge is -2.60. The Balaban J connectivity index is 2.03. The zero-order chi connectivity index (χ0) is 12.3. The molecule has 4 atom stereocenters. The van der Waals surface area contributed by atoms with E-state index in [1.807, 2.05) is 0 Å². The van der Waals surface area contributed by atoms with Crippen LogP contribution in [0.1, 0.15) is 27.2 Å². The molecule has 0 amide bonds. The predicted octanol–water partition coefficient (Wildman–Crippen LogP) is 1.03. The third kappa shape index (κ3) is 1.52. The quantitative estimate of drug-likeness (QED) is 0.778. The summed E-state index contributed by atoms with van der Waals surface area (Å²) >= 11 is 0. The zero-order valence-corrected chi connectivity index (χ0v) is 11.4. The minimum Gasteiger partial charge on any atom is -0.392 e. The first-order chi connectivity index (χ1) is 8.00. The molecule has 4 heterocycles. The first-order valence-electron chi connectivity index (χ1n) is 7.13. The number of aliphatic hydroxyl groups is 1. The van der Waals surface area contributed by atoms with Gasteiger partial charge < -0.3 is 14.9 Å². The number of piperidine rings is 2. The molecular weight excluding hydrogens is 212 g/mol. The first-order valence-corrected chi connectivity index (χ1v) is 7.13. The van der Waals surface area contributed by atoms with Gasteiger partial charge in [-0.2, -0.15) is 0 Å². The summed E-state index contributed by atoms with van der Waals surface area (Å²) < 4.78 is 0. The standard InChI is InChI=1S/C14H26N2O/c1-4-11(2)14-9-15-5-6-16(10-14)8-13(3,7-15)12(14)17/h11-12,17H,4-10H2,1-3H3/t11-,12-,13?,14?/m1/s1. The van der Waals surface area contributed by atoms with Crippen molar-refractivity contribution in [2.45, 2.75) is 33.3 Å². The lowest BCUT2D eigenvalue weighted by Crippen LogP contribution is -2.70. The van der Waals surface area contributed by atoms with Gasteiger partial charge >= 0.3 is 0 Å². The Labute approximate surface area is 105 Å². The molecule has 4 saturated heterocycles. The van der Waals surface area contributed by atoms with E-state index >= 15 is 0 Å². The lowest BCUT2D eigenvalue weighted by molar-refractivity contribution is -0.182. The summed E-state index contributed by atoms with van der Waals surface area (Å²) in [6.45, 7) is 13.7. The van der Waals surface area contributed by atoms with Gasteiger partial charge in [0.05, 0.1) is 6.10 Å². The maximum absolute atomic E-state index is 10.9. The average molecular weight is 238 g/mol. The van der Waals surface area contributed by atoms with Crippen LogP contribution in [0.2, 0.25) is 0 Å². The van der Waals surface area contributed by atoms with Crippen LogP contribution < -0.4 is 0 Å². The molecule has 0 aromatic rings. The Bertz CT molecular complexity index is 301. The van der Waals surface area contributed by atoms with Gasteiger partial charge in [0, 0.05) is 50.1 Å². The highest BCUT2D eigenvalue weighted by Gasteiger charge is 2.60. The van der Waals surface area contributed by atoms with Crippen molar-refractivity contribution in [1.82, 2.24) is 9.80 Å². The Morgan fingerprint density at radius 2 is 1.71 bits per heavy atom. The summed E-state index contributed by atoms with van der Waals surface area (Å²) in [6.07, 6.45) is 1.06. The van der Waals surface area contributed by atoms with Crippen LogP contribution >= 0.6 is 0 Å². The molecule has 98 valence electrons. The third-order valence-electron chi connectivity index (χ3n) is 5.74. The van der Waals surface area contributed by atoms with E-state index in [0.717, 1.165) is 26.2 Å². The van der Waals surface area contributed by atoms with E-state index in [2.05, 4.69) is 30.6 Å². The van der Waals surface area contributed by atoms with E-state index in [4.69, 9.17) is 0 Å². The summed E-state index contributed by atoms with van der Waals surface area (Å²) in [5, 5.41) is 10.9. The van der Waals surface area contributed by atoms with Gasteiger partial charge in [-0.15, -0.1) is 0 Å². The van der Waals surface area contributed by atoms with Crippen molar-refractivity contribution in [2.75, 3.05) is 39.3 Å². The van der Waals surface area contributed by atoms with E-state index in [1.165, 1.54) is 19.5 Å². The SMILES string of the molecule is CC[C@@H](C)C12CN3CCN(CC(C)(C3)[C@H]1O)C2. The Morgan fingerprint density at radius 3 is 2.18 bits per heavy atom. The summed E-state index contributed by atoms with van der Waals surface area (Å²) in [5.74, 6) is 0.612. The van der Waals surface area contributed by atoms with Crippen LogP contribution in [0.5, 0.6) is 0 Å². The number of nitrogens with zero attached hydrogens (tertiary/aromatic N) is 2. The second-order valence-electron chi connectivity index (χ2n) is 7.02. The van der Waals surface area contributed by atoms with Crippen LogP contribution in [0.3, 0.4) is 0 Å². The van der Waals surface area contributed by atoms with Crippen LogP contribution in [-0.4, -0.2) is 60.3 Å². The maximum Gasteiger partial charge on any atom is 0.0701 e. The third-order valence-corrected chi connectivity index (χ3v) is 5.74. The molecule has 2 unspecified atom stereocenters. The van der Waals surface area contributed by atoms with Crippen molar-refractivity contribution in [3.8, 4) is 0 Å². The number of rotatable bonds is 2. The van der Waals surface area contributed by atoms with Crippen molar-refractivity contribution < 1.29 is 5.11 Å². The smallest absolute Gasteiger partial charge is 0.0701 e. The molecule has 0 aromatic carbocycles. The van der Waals surface area contributed by atoms with Crippen LogP contribution in [0.25, 0.3) is 0 Å². The van der Waals surface area contributed by atoms with Gasteiger partial charge in [0.1, 0.15) is 0 Å². The van der Waals surface area contributed by atoms with Crippen molar-refractivity contribution in [3.05, 3.63) is 0 Å². The van der Waals surface area contributed by atoms with E-state index in [1.54, 1.807) is 0 Å². The van der Waals surface area contributed by atoms with Crippen molar-refractivity contribution in [2.24, 2.45) is 16.7 Å². The Kier molecular flexibility index (Phi) is 2.59. The molecule has 4 fully saturated rings. The van der Waals surface area contributed by atoms with Gasteiger partial charge in [-0.05, 0) is 5.92 Å². The van der Waals surface area contributed by atoms with Gasteiger partial charge in [0.25, 0.3) is 0 Å². The summed E-state index contributed by atoms with van der Waals surface area (Å²) in [4.78, 5) is 5.21. The lowest BCUT2D eigenvalue weighted by atomic mass is 9.57. The monoisotopic (exact) mass is 238 g/mol. The molecule has 4 bridgehead atoms. The highest BCUT2D eigenvalue weighted by molar-refractivity contribution is 5.12. The molecule has 0 spiro atoms. The number of fused-ring (bicyclic) bond motifs is 1. The molecule has 4 rings (SSSR count). The molecule has 0 radical (unpaired) electrons. The van der Waals surface area contributed by atoms with Gasteiger partial charge in [0.2, 0.25) is 0 Å². The topological polar surface area (TPSA) is 26.7 Å². The number of aliphatic hydroxyl groups excluding tert-OH is 1. The molecule has 3 nitrogen and oxygen atoms in total. The molecule has 0 saturated carbocycles. The fraction of sp³-hybridized carbons (Fsp3) is 1.00. The van der Waals surface area contributed by atoms with Crippen LogP contribution in [0, 0.1) is 16.7 Å². The minimum absolute atomic E-state index is 0.0937. The Morgan fingerprint density at radius 1 is 1.18 bits per heavy atom. The molecule has 4 aliphatic rings. The predicted molar refractivity (Wildman–Crippen MR) is 68.9 cm³/mol. The first kappa shape index (κ1) is 11.9. The molecule has 1 N–H and O–H groups in total. The minimum atomic E-state index is -0.115. The number of hydrogen-bond acceptors (Lipinski definition) is 3. The van der Waals surface area contributed by atoms with Gasteiger partial charge in [-0.1, -0.05) is 27.2 Å². The molecule has 0 aliphatic carbocycles. The van der Waals surface area contributed by atoms with Gasteiger partial charge in [0.15, 0.2) is 0 Å². The molecular formula is C14H26N2O. The molecule has 3 heteroatoms.